The Morgan fingerprint density at radius 2 is 1.74 bits per heavy atom. The standard InChI is InChI=1S/C24H14BrCl4F2IN2O/c1-10(33-15-8-17(25)22(31)19(30)9-15)16-7-14(2-3-18(16)27)34-23(35)21-20(24(21,28)29)11-4-12(26)6-13(32)5-11/h2-9,20-21,33H,1H2,(H,34,35). The van der Waals surface area contributed by atoms with E-state index < -0.39 is 27.8 Å². The molecule has 1 aliphatic carbocycles. The highest BCUT2D eigenvalue weighted by atomic mass is 127. The van der Waals surface area contributed by atoms with Gasteiger partial charge in [-0.1, -0.05) is 29.8 Å². The minimum atomic E-state index is -1.28. The zero-order valence-corrected chi connectivity index (χ0v) is 24.2. The summed E-state index contributed by atoms with van der Waals surface area (Å²) in [7, 11) is 0. The molecule has 3 nitrogen and oxygen atoms in total. The van der Waals surface area contributed by atoms with Crippen molar-refractivity contribution in [1.82, 2.24) is 0 Å². The molecule has 1 aliphatic rings. The number of carbonyl (C=O) groups is 1. The van der Waals surface area contributed by atoms with E-state index in [0.29, 0.717) is 27.0 Å². The number of halogens is 8. The molecule has 1 fully saturated rings. The summed E-state index contributed by atoms with van der Waals surface area (Å²) in [5.74, 6) is -3.51. The molecule has 2 N–H and O–H groups in total. The van der Waals surface area contributed by atoms with Gasteiger partial charge in [-0.2, -0.15) is 0 Å². The molecule has 3 aromatic carbocycles. The zero-order chi connectivity index (χ0) is 25.7. The van der Waals surface area contributed by atoms with Crippen molar-refractivity contribution >= 4 is 108 Å². The van der Waals surface area contributed by atoms with E-state index in [4.69, 9.17) is 46.4 Å². The second-order valence-electron chi connectivity index (χ2n) is 7.87. The van der Waals surface area contributed by atoms with Crippen molar-refractivity contribution < 1.29 is 13.6 Å². The highest BCUT2D eigenvalue weighted by molar-refractivity contribution is 14.1. The van der Waals surface area contributed by atoms with Crippen molar-refractivity contribution in [3.05, 3.63) is 96.0 Å². The first-order chi connectivity index (χ1) is 16.4. The number of hydrogen-bond donors (Lipinski definition) is 2. The van der Waals surface area contributed by atoms with Crippen molar-refractivity contribution in [3.8, 4) is 0 Å². The van der Waals surface area contributed by atoms with Crippen LogP contribution in [0.1, 0.15) is 17.0 Å². The molecule has 182 valence electrons. The molecule has 3 aromatic rings. The quantitative estimate of drug-likeness (QED) is 0.151. The van der Waals surface area contributed by atoms with Crippen LogP contribution >= 0.6 is 84.9 Å². The molecular weight excluding hydrogens is 719 g/mol. The Balaban J connectivity index is 1.52. The van der Waals surface area contributed by atoms with E-state index in [9.17, 15) is 13.6 Å². The van der Waals surface area contributed by atoms with Crippen molar-refractivity contribution in [2.24, 2.45) is 5.92 Å². The topological polar surface area (TPSA) is 41.1 Å². The first-order valence-corrected chi connectivity index (χ1v) is 13.3. The molecule has 0 aliphatic heterocycles. The lowest BCUT2D eigenvalue weighted by Crippen LogP contribution is -2.17. The molecule has 0 bridgehead atoms. The fraction of sp³-hybridized carbons (Fsp3) is 0.125. The predicted molar refractivity (Wildman–Crippen MR) is 152 cm³/mol. The number of carbonyl (C=O) groups excluding carboxylic acids is 1. The molecule has 1 saturated carbocycles. The summed E-state index contributed by atoms with van der Waals surface area (Å²) >= 11 is 30.5. The molecule has 1 amide bonds. The maximum absolute atomic E-state index is 13.7. The summed E-state index contributed by atoms with van der Waals surface area (Å²) in [4.78, 5) is 13.0. The van der Waals surface area contributed by atoms with Gasteiger partial charge in [-0.05, 0) is 86.5 Å². The van der Waals surface area contributed by atoms with Crippen molar-refractivity contribution in [1.29, 1.82) is 0 Å². The second kappa shape index (κ2) is 10.3. The number of nitrogens with one attached hydrogen (secondary N) is 2. The van der Waals surface area contributed by atoms with Gasteiger partial charge in [0.15, 0.2) is 11.6 Å². The van der Waals surface area contributed by atoms with E-state index in [0.717, 1.165) is 15.2 Å². The summed E-state index contributed by atoms with van der Waals surface area (Å²) in [5.41, 5.74) is 2.23. The molecule has 0 radical (unpaired) electrons. The minimum Gasteiger partial charge on any atom is -0.355 e. The monoisotopic (exact) mass is 730 g/mol. The van der Waals surface area contributed by atoms with E-state index in [1.807, 2.05) is 6.07 Å². The number of anilines is 2. The highest BCUT2D eigenvalue weighted by Gasteiger charge is 2.67. The fourth-order valence-electron chi connectivity index (χ4n) is 3.75. The molecule has 0 heterocycles. The van der Waals surface area contributed by atoms with Crippen molar-refractivity contribution in [2.45, 2.75) is 10.3 Å². The van der Waals surface area contributed by atoms with Gasteiger partial charge in [-0.15, -0.1) is 23.2 Å². The molecule has 11 heteroatoms. The third-order valence-corrected chi connectivity index (χ3v) is 8.11. The van der Waals surface area contributed by atoms with E-state index >= 15 is 0 Å². The smallest absolute Gasteiger partial charge is 0.231 e. The number of alkyl halides is 2. The number of benzene rings is 3. The number of rotatable bonds is 6. The minimum absolute atomic E-state index is 0.0427. The Kier molecular flexibility index (Phi) is 7.96. The van der Waals surface area contributed by atoms with E-state index in [2.05, 4.69) is 55.7 Å². The molecule has 0 aromatic heterocycles. The summed E-state index contributed by atoms with van der Waals surface area (Å²) in [6.07, 6.45) is 0. The van der Waals surface area contributed by atoms with E-state index in [1.54, 1.807) is 30.3 Å². The van der Waals surface area contributed by atoms with E-state index in [-0.39, 0.29) is 16.1 Å². The summed E-state index contributed by atoms with van der Waals surface area (Å²) < 4.78 is 26.9. The average molecular weight is 733 g/mol. The normalized spacial score (nSPS) is 18.2. The van der Waals surface area contributed by atoms with Gasteiger partial charge in [0.05, 0.1) is 15.4 Å². The molecule has 0 spiro atoms. The largest absolute Gasteiger partial charge is 0.355 e. The molecule has 35 heavy (non-hydrogen) atoms. The molecule has 2 unspecified atom stereocenters. The lowest BCUT2D eigenvalue weighted by molar-refractivity contribution is -0.117. The number of hydrogen-bond acceptors (Lipinski definition) is 2. The van der Waals surface area contributed by atoms with Crippen molar-refractivity contribution in [3.63, 3.8) is 0 Å². The molecule has 4 rings (SSSR count). The van der Waals surface area contributed by atoms with Crippen LogP contribution in [0.5, 0.6) is 0 Å². The fourth-order valence-corrected chi connectivity index (χ4v) is 6.36. The van der Waals surface area contributed by atoms with Crippen LogP contribution in [-0.4, -0.2) is 10.2 Å². The Hall–Kier alpha value is -1.10. The second-order valence-corrected chi connectivity index (χ2v) is 12.3. The SMILES string of the molecule is C=C(Nc1cc(F)c(F)c(Br)c1)c1cc(NC(=O)C2C(c3cc(Cl)cc(I)c3)C2(Cl)Cl)ccc1Cl. The average Bonchev–Trinajstić information content (AvgIpc) is 3.34. The van der Waals surface area contributed by atoms with Crippen LogP contribution in [0.15, 0.2) is 59.6 Å². The lowest BCUT2D eigenvalue weighted by atomic mass is 10.1. The molecular formula is C24H14BrCl4F2IN2O. The molecule has 2 atom stereocenters. The van der Waals surface area contributed by atoms with Crippen LogP contribution in [0.3, 0.4) is 0 Å². The lowest BCUT2D eigenvalue weighted by Gasteiger charge is -2.14. The third-order valence-electron chi connectivity index (χ3n) is 5.42. The first-order valence-electron chi connectivity index (χ1n) is 9.93. The number of amides is 1. The van der Waals surface area contributed by atoms with Gasteiger partial charge >= 0.3 is 0 Å². The predicted octanol–water partition coefficient (Wildman–Crippen LogP) is 9.25. The van der Waals surface area contributed by atoms with Gasteiger partial charge in [0.2, 0.25) is 5.91 Å². The van der Waals surface area contributed by atoms with Crippen LogP contribution < -0.4 is 10.6 Å². The molecule has 0 saturated heterocycles. The zero-order valence-electron chi connectivity index (χ0n) is 17.4. The van der Waals surface area contributed by atoms with Gasteiger partial charge in [0.1, 0.15) is 4.33 Å². The van der Waals surface area contributed by atoms with Gasteiger partial charge in [-0.25, -0.2) is 8.78 Å². The van der Waals surface area contributed by atoms with E-state index in [1.165, 1.54) is 6.07 Å². The van der Waals surface area contributed by atoms with Crippen molar-refractivity contribution in [2.75, 3.05) is 10.6 Å². The Labute approximate surface area is 242 Å². The Morgan fingerprint density at radius 3 is 2.40 bits per heavy atom. The van der Waals surface area contributed by atoms with Crippen LogP contribution in [0.2, 0.25) is 10.0 Å². The van der Waals surface area contributed by atoms with Gasteiger partial charge in [0, 0.05) is 43.2 Å². The van der Waals surface area contributed by atoms with Crippen LogP contribution in [0.25, 0.3) is 5.70 Å². The Bertz CT molecular complexity index is 1330. The van der Waals surface area contributed by atoms with Crippen LogP contribution in [-0.2, 0) is 4.79 Å². The highest BCUT2D eigenvalue weighted by Crippen LogP contribution is 2.65. The summed E-state index contributed by atoms with van der Waals surface area (Å²) in [5, 5.41) is 6.57. The maximum atomic E-state index is 13.7. The summed E-state index contributed by atoms with van der Waals surface area (Å²) in [6.45, 7) is 3.93. The van der Waals surface area contributed by atoms with Gasteiger partial charge < -0.3 is 10.6 Å². The van der Waals surface area contributed by atoms with Gasteiger partial charge in [-0.3, -0.25) is 4.79 Å². The van der Waals surface area contributed by atoms with Crippen LogP contribution in [0.4, 0.5) is 20.2 Å². The maximum Gasteiger partial charge on any atom is 0.231 e. The first kappa shape index (κ1) is 26.9. The van der Waals surface area contributed by atoms with Gasteiger partial charge in [0.25, 0.3) is 0 Å². The Morgan fingerprint density at radius 1 is 1.03 bits per heavy atom. The van der Waals surface area contributed by atoms with Crippen LogP contribution in [0, 0.1) is 21.1 Å². The summed E-state index contributed by atoms with van der Waals surface area (Å²) in [6, 6.07) is 12.6. The third kappa shape index (κ3) is 5.75.